The molecule has 8 heteroatoms. The Balaban J connectivity index is 1.47. The largest absolute Gasteiger partial charge is 0.460 e. The average Bonchev–Trinajstić information content (AvgIpc) is 2.68. The van der Waals surface area contributed by atoms with E-state index in [0.29, 0.717) is 31.9 Å². The summed E-state index contributed by atoms with van der Waals surface area (Å²) >= 11 is 0. The Kier molecular flexibility index (Phi) is 5.82. The third kappa shape index (κ3) is 4.78. The second kappa shape index (κ2) is 8.27. The molecule has 2 aromatic rings. The van der Waals surface area contributed by atoms with Crippen LogP contribution in [0.1, 0.15) is 19.3 Å². The SMILES string of the molecule is O=C(CCS(=O)(=O)c1ccccc1)N1CCC(Oc2ncccn2)CC1. The number of hydrogen-bond acceptors (Lipinski definition) is 6. The van der Waals surface area contributed by atoms with Crippen LogP contribution in [0.3, 0.4) is 0 Å². The average molecular weight is 375 g/mol. The number of sulfone groups is 1. The number of likely N-dealkylation sites (tertiary alicyclic amines) is 1. The number of nitrogens with zero attached hydrogens (tertiary/aromatic N) is 3. The first-order valence-corrected chi connectivity index (χ1v) is 10.2. The minimum absolute atomic E-state index is 0.00938. The zero-order valence-corrected chi connectivity index (χ0v) is 15.1. The summed E-state index contributed by atoms with van der Waals surface area (Å²) in [4.78, 5) is 22.4. The molecule has 0 atom stereocenters. The van der Waals surface area contributed by atoms with Crippen molar-refractivity contribution < 1.29 is 17.9 Å². The zero-order chi connectivity index (χ0) is 18.4. The van der Waals surface area contributed by atoms with Crippen molar-refractivity contribution in [2.75, 3.05) is 18.8 Å². The topological polar surface area (TPSA) is 89.5 Å². The van der Waals surface area contributed by atoms with E-state index >= 15 is 0 Å². The molecule has 0 N–H and O–H groups in total. The summed E-state index contributed by atoms with van der Waals surface area (Å²) in [7, 11) is -3.43. The zero-order valence-electron chi connectivity index (χ0n) is 14.3. The molecule has 0 unspecified atom stereocenters. The Morgan fingerprint density at radius 3 is 2.38 bits per heavy atom. The molecule has 1 saturated heterocycles. The van der Waals surface area contributed by atoms with E-state index in [1.165, 1.54) is 0 Å². The maximum absolute atomic E-state index is 12.3. The Labute approximate surface area is 153 Å². The predicted octanol–water partition coefficient (Wildman–Crippen LogP) is 1.71. The van der Waals surface area contributed by atoms with Gasteiger partial charge in [0.1, 0.15) is 6.10 Å². The van der Waals surface area contributed by atoms with E-state index in [4.69, 9.17) is 4.74 Å². The third-order valence-electron chi connectivity index (χ3n) is 4.30. The van der Waals surface area contributed by atoms with Gasteiger partial charge in [-0.25, -0.2) is 18.4 Å². The van der Waals surface area contributed by atoms with Crippen molar-refractivity contribution in [1.29, 1.82) is 0 Å². The van der Waals surface area contributed by atoms with E-state index in [2.05, 4.69) is 9.97 Å². The van der Waals surface area contributed by atoms with Crippen molar-refractivity contribution in [1.82, 2.24) is 14.9 Å². The maximum Gasteiger partial charge on any atom is 0.316 e. The molecule has 1 aliphatic rings. The molecule has 0 radical (unpaired) electrons. The number of rotatable bonds is 6. The molecule has 3 rings (SSSR count). The molecule has 1 fully saturated rings. The minimum atomic E-state index is -3.43. The van der Waals surface area contributed by atoms with Crippen molar-refractivity contribution in [3.05, 3.63) is 48.8 Å². The third-order valence-corrected chi connectivity index (χ3v) is 6.03. The Morgan fingerprint density at radius 1 is 1.08 bits per heavy atom. The fraction of sp³-hybridized carbons (Fsp3) is 0.389. The second-order valence-corrected chi connectivity index (χ2v) is 8.22. The molecule has 1 aromatic carbocycles. The number of aromatic nitrogens is 2. The second-order valence-electron chi connectivity index (χ2n) is 6.11. The number of amides is 1. The molecule has 138 valence electrons. The molecule has 1 amide bonds. The Hall–Kier alpha value is -2.48. The van der Waals surface area contributed by atoms with Gasteiger partial charge < -0.3 is 9.64 Å². The molecule has 1 aliphatic heterocycles. The lowest BCUT2D eigenvalue weighted by molar-refractivity contribution is -0.132. The molecular weight excluding hydrogens is 354 g/mol. The van der Waals surface area contributed by atoms with Crippen LogP contribution in [-0.4, -0.2) is 54.1 Å². The first-order valence-electron chi connectivity index (χ1n) is 8.54. The lowest BCUT2D eigenvalue weighted by Crippen LogP contribution is -2.42. The highest BCUT2D eigenvalue weighted by atomic mass is 32.2. The number of ether oxygens (including phenoxy) is 1. The van der Waals surface area contributed by atoms with E-state index in [1.54, 1.807) is 53.7 Å². The molecular formula is C18H21N3O4S. The standard InChI is InChI=1S/C18H21N3O4S/c22-17(9-14-26(23,24)16-5-2-1-3-6-16)21-12-7-15(8-13-21)25-18-19-10-4-11-20-18/h1-6,10-11,15H,7-9,12-14H2. The highest BCUT2D eigenvalue weighted by molar-refractivity contribution is 7.91. The molecule has 0 saturated carbocycles. The van der Waals surface area contributed by atoms with Gasteiger partial charge >= 0.3 is 6.01 Å². The van der Waals surface area contributed by atoms with Gasteiger partial charge in [-0.05, 0) is 18.2 Å². The van der Waals surface area contributed by atoms with Gasteiger partial charge in [0.2, 0.25) is 5.91 Å². The molecule has 2 heterocycles. The number of hydrogen-bond donors (Lipinski definition) is 0. The number of benzene rings is 1. The first-order chi connectivity index (χ1) is 12.5. The number of carbonyl (C=O) groups is 1. The van der Waals surface area contributed by atoms with Crippen LogP contribution in [0.2, 0.25) is 0 Å². The van der Waals surface area contributed by atoms with Crippen LogP contribution in [0.25, 0.3) is 0 Å². The van der Waals surface area contributed by atoms with E-state index in [-0.39, 0.29) is 29.1 Å². The fourth-order valence-corrected chi connectivity index (χ4v) is 4.09. The Morgan fingerprint density at radius 2 is 1.73 bits per heavy atom. The van der Waals surface area contributed by atoms with Gasteiger partial charge in [-0.15, -0.1) is 0 Å². The highest BCUT2D eigenvalue weighted by Gasteiger charge is 2.25. The monoisotopic (exact) mass is 375 g/mol. The summed E-state index contributed by atoms with van der Waals surface area (Å²) in [6, 6.07) is 10.3. The molecule has 1 aromatic heterocycles. The van der Waals surface area contributed by atoms with Gasteiger partial charge in [0.05, 0.1) is 10.6 Å². The van der Waals surface area contributed by atoms with Crippen LogP contribution in [0.15, 0.2) is 53.7 Å². The fourth-order valence-electron chi connectivity index (χ4n) is 2.84. The van der Waals surface area contributed by atoms with Crippen LogP contribution >= 0.6 is 0 Å². The van der Waals surface area contributed by atoms with E-state index in [0.717, 1.165) is 0 Å². The van der Waals surface area contributed by atoms with Gasteiger partial charge in [0.25, 0.3) is 0 Å². The van der Waals surface area contributed by atoms with Crippen LogP contribution in [0, 0.1) is 0 Å². The van der Waals surface area contributed by atoms with Gasteiger partial charge in [-0.3, -0.25) is 4.79 Å². The van der Waals surface area contributed by atoms with Crippen LogP contribution in [0.5, 0.6) is 6.01 Å². The molecule has 0 bridgehead atoms. The molecule has 0 spiro atoms. The Bertz CT molecular complexity index is 820. The van der Waals surface area contributed by atoms with Gasteiger partial charge in [-0.2, -0.15) is 0 Å². The van der Waals surface area contributed by atoms with Crippen molar-refractivity contribution in [3.63, 3.8) is 0 Å². The summed E-state index contributed by atoms with van der Waals surface area (Å²) < 4.78 is 30.2. The first kappa shape index (κ1) is 18.3. The molecule has 0 aliphatic carbocycles. The van der Waals surface area contributed by atoms with Gasteiger partial charge in [-0.1, -0.05) is 18.2 Å². The molecule has 26 heavy (non-hydrogen) atoms. The van der Waals surface area contributed by atoms with Crippen molar-refractivity contribution in [3.8, 4) is 6.01 Å². The van der Waals surface area contributed by atoms with Crippen molar-refractivity contribution >= 4 is 15.7 Å². The summed E-state index contributed by atoms with van der Waals surface area (Å²) in [6.07, 6.45) is 4.55. The van der Waals surface area contributed by atoms with Crippen LogP contribution in [-0.2, 0) is 14.6 Å². The summed E-state index contributed by atoms with van der Waals surface area (Å²) in [5, 5.41) is 0. The molecule has 7 nitrogen and oxygen atoms in total. The van der Waals surface area contributed by atoms with Crippen LogP contribution < -0.4 is 4.74 Å². The predicted molar refractivity (Wildman–Crippen MR) is 95.4 cm³/mol. The van der Waals surface area contributed by atoms with Gasteiger partial charge in [0, 0.05) is 44.7 Å². The van der Waals surface area contributed by atoms with E-state index in [1.807, 2.05) is 0 Å². The number of carbonyl (C=O) groups excluding carboxylic acids is 1. The smallest absolute Gasteiger partial charge is 0.316 e. The summed E-state index contributed by atoms with van der Waals surface area (Å²) in [6.45, 7) is 1.09. The lowest BCUT2D eigenvalue weighted by atomic mass is 10.1. The quantitative estimate of drug-likeness (QED) is 0.764. The number of piperidine rings is 1. The highest BCUT2D eigenvalue weighted by Crippen LogP contribution is 2.17. The van der Waals surface area contributed by atoms with Crippen molar-refractivity contribution in [2.45, 2.75) is 30.3 Å². The normalized spacial score (nSPS) is 15.6. The minimum Gasteiger partial charge on any atom is -0.460 e. The summed E-state index contributed by atoms with van der Waals surface area (Å²) in [5.41, 5.74) is 0. The van der Waals surface area contributed by atoms with Crippen molar-refractivity contribution in [2.24, 2.45) is 0 Å². The van der Waals surface area contributed by atoms with Crippen LogP contribution in [0.4, 0.5) is 0 Å². The maximum atomic E-state index is 12.3. The summed E-state index contributed by atoms with van der Waals surface area (Å²) in [5.74, 6) is -0.316. The van der Waals surface area contributed by atoms with E-state index in [9.17, 15) is 13.2 Å². The van der Waals surface area contributed by atoms with E-state index < -0.39 is 9.84 Å². The van der Waals surface area contributed by atoms with Gasteiger partial charge in [0.15, 0.2) is 9.84 Å². The lowest BCUT2D eigenvalue weighted by Gasteiger charge is -2.31.